The molecule has 0 amide bonds. The van der Waals surface area contributed by atoms with Crippen molar-refractivity contribution in [3.63, 3.8) is 0 Å². The number of aliphatic hydroxyl groups is 1. The predicted octanol–water partition coefficient (Wildman–Crippen LogP) is 1.48. The quantitative estimate of drug-likeness (QED) is 0.774. The van der Waals surface area contributed by atoms with Crippen LogP contribution in [0.2, 0.25) is 0 Å². The molecule has 1 fully saturated rings. The molecule has 0 aliphatic carbocycles. The lowest BCUT2D eigenvalue weighted by molar-refractivity contribution is -0.0845. The molecular weight excluding hydrogens is 192 g/mol. The molecule has 1 aliphatic rings. The Labute approximate surface area is 89.3 Å². The lowest BCUT2D eigenvalue weighted by Crippen LogP contribution is -2.40. The molecule has 1 aromatic rings. The van der Waals surface area contributed by atoms with Crippen LogP contribution in [-0.2, 0) is 11.2 Å². The first-order chi connectivity index (χ1) is 7.18. The van der Waals surface area contributed by atoms with Crippen molar-refractivity contribution in [3.8, 4) is 5.75 Å². The second kappa shape index (κ2) is 4.21. The Morgan fingerprint density at radius 2 is 2.00 bits per heavy atom. The molecule has 3 heteroatoms. The molecule has 1 unspecified atom stereocenters. The summed E-state index contributed by atoms with van der Waals surface area (Å²) in [6.07, 6.45) is 2.29. The van der Waals surface area contributed by atoms with Gasteiger partial charge in [0.25, 0.3) is 0 Å². The van der Waals surface area contributed by atoms with Crippen molar-refractivity contribution in [3.05, 3.63) is 29.8 Å². The summed E-state index contributed by atoms with van der Waals surface area (Å²) in [6.45, 7) is 1.16. The first-order valence-electron chi connectivity index (χ1n) is 5.26. The first-order valence-corrected chi connectivity index (χ1v) is 5.26. The molecule has 1 aliphatic heterocycles. The number of rotatable bonds is 2. The van der Waals surface area contributed by atoms with Crippen LogP contribution in [0.25, 0.3) is 0 Å². The molecule has 1 saturated heterocycles. The summed E-state index contributed by atoms with van der Waals surface area (Å²) in [4.78, 5) is 0. The highest BCUT2D eigenvalue weighted by molar-refractivity contribution is 5.27. The molecule has 1 atom stereocenters. The van der Waals surface area contributed by atoms with Gasteiger partial charge in [0.15, 0.2) is 0 Å². The van der Waals surface area contributed by atoms with Crippen LogP contribution in [0.15, 0.2) is 24.3 Å². The van der Waals surface area contributed by atoms with E-state index in [0.717, 1.165) is 25.0 Å². The number of benzene rings is 1. The van der Waals surface area contributed by atoms with Crippen molar-refractivity contribution >= 4 is 0 Å². The third-order valence-electron chi connectivity index (χ3n) is 2.77. The fourth-order valence-electron chi connectivity index (χ4n) is 1.97. The molecule has 0 aromatic heterocycles. The van der Waals surface area contributed by atoms with Gasteiger partial charge in [-0.15, -0.1) is 0 Å². The highest BCUT2D eigenvalue weighted by Crippen LogP contribution is 2.24. The molecule has 1 aromatic carbocycles. The molecule has 0 bridgehead atoms. The van der Waals surface area contributed by atoms with Gasteiger partial charge in [-0.25, -0.2) is 0 Å². The van der Waals surface area contributed by atoms with Gasteiger partial charge in [-0.3, -0.25) is 0 Å². The molecule has 15 heavy (non-hydrogen) atoms. The van der Waals surface area contributed by atoms with Crippen molar-refractivity contribution < 1.29 is 14.9 Å². The molecule has 1 heterocycles. The van der Waals surface area contributed by atoms with Gasteiger partial charge >= 0.3 is 0 Å². The van der Waals surface area contributed by atoms with Crippen molar-refractivity contribution in [1.82, 2.24) is 0 Å². The minimum absolute atomic E-state index is 0.255. The highest BCUT2D eigenvalue weighted by atomic mass is 16.5. The van der Waals surface area contributed by atoms with Crippen molar-refractivity contribution in [2.24, 2.45) is 0 Å². The highest BCUT2D eigenvalue weighted by Gasteiger charge is 2.30. The third-order valence-corrected chi connectivity index (χ3v) is 2.77. The van der Waals surface area contributed by atoms with Gasteiger partial charge in [0.05, 0.1) is 12.2 Å². The van der Waals surface area contributed by atoms with Crippen LogP contribution in [0.3, 0.4) is 0 Å². The standard InChI is InChI=1S/C12H16O3/c13-11-4-2-10(3-5-11)8-12(14)6-1-7-15-9-12/h2-5,13-14H,1,6-9H2. The molecule has 3 nitrogen and oxygen atoms in total. The average Bonchev–Trinajstić information content (AvgIpc) is 2.22. The van der Waals surface area contributed by atoms with Gasteiger partial charge in [-0.2, -0.15) is 0 Å². The Kier molecular flexibility index (Phi) is 2.93. The molecule has 0 radical (unpaired) electrons. The number of phenols is 1. The summed E-state index contributed by atoms with van der Waals surface area (Å²) in [5, 5.41) is 19.3. The minimum Gasteiger partial charge on any atom is -0.508 e. The second-order valence-corrected chi connectivity index (χ2v) is 4.22. The number of hydrogen-bond donors (Lipinski definition) is 2. The SMILES string of the molecule is Oc1ccc(CC2(O)CCCOC2)cc1. The number of aromatic hydroxyl groups is 1. The Balaban J connectivity index is 2.03. The monoisotopic (exact) mass is 208 g/mol. The van der Waals surface area contributed by atoms with Crippen molar-refractivity contribution in [2.75, 3.05) is 13.2 Å². The van der Waals surface area contributed by atoms with Crippen LogP contribution in [0, 0.1) is 0 Å². The maximum Gasteiger partial charge on any atom is 0.115 e. The van der Waals surface area contributed by atoms with E-state index in [1.165, 1.54) is 0 Å². The minimum atomic E-state index is -0.727. The smallest absolute Gasteiger partial charge is 0.115 e. The number of hydrogen-bond acceptors (Lipinski definition) is 3. The van der Waals surface area contributed by atoms with E-state index in [0.29, 0.717) is 13.0 Å². The zero-order valence-corrected chi connectivity index (χ0v) is 8.65. The van der Waals surface area contributed by atoms with Gasteiger partial charge in [0, 0.05) is 13.0 Å². The summed E-state index contributed by atoms with van der Waals surface area (Å²) in [7, 11) is 0. The summed E-state index contributed by atoms with van der Waals surface area (Å²) in [6, 6.07) is 6.95. The van der Waals surface area contributed by atoms with Crippen LogP contribution in [0.1, 0.15) is 18.4 Å². The summed E-state index contributed by atoms with van der Waals surface area (Å²) < 4.78 is 5.28. The van der Waals surface area contributed by atoms with Gasteiger partial charge < -0.3 is 14.9 Å². The maximum atomic E-state index is 10.2. The predicted molar refractivity (Wildman–Crippen MR) is 56.8 cm³/mol. The fraction of sp³-hybridized carbons (Fsp3) is 0.500. The van der Waals surface area contributed by atoms with Gasteiger partial charge in [0.2, 0.25) is 0 Å². The van der Waals surface area contributed by atoms with Crippen LogP contribution < -0.4 is 0 Å². The molecular formula is C12H16O3. The van der Waals surface area contributed by atoms with Crippen molar-refractivity contribution in [2.45, 2.75) is 24.9 Å². The maximum absolute atomic E-state index is 10.2. The van der Waals surface area contributed by atoms with E-state index >= 15 is 0 Å². The van der Waals surface area contributed by atoms with Gasteiger partial charge in [0.1, 0.15) is 5.75 Å². The van der Waals surface area contributed by atoms with E-state index < -0.39 is 5.60 Å². The molecule has 0 saturated carbocycles. The molecule has 82 valence electrons. The Morgan fingerprint density at radius 1 is 1.27 bits per heavy atom. The van der Waals surface area contributed by atoms with Crippen LogP contribution >= 0.6 is 0 Å². The summed E-state index contributed by atoms with van der Waals surface area (Å²) in [5.74, 6) is 0.255. The average molecular weight is 208 g/mol. The number of ether oxygens (including phenoxy) is 1. The summed E-state index contributed by atoms with van der Waals surface area (Å²) in [5.41, 5.74) is 0.302. The molecule has 2 rings (SSSR count). The lowest BCUT2D eigenvalue weighted by atomic mass is 9.89. The lowest BCUT2D eigenvalue weighted by Gasteiger charge is -2.32. The van der Waals surface area contributed by atoms with E-state index in [2.05, 4.69) is 0 Å². The van der Waals surface area contributed by atoms with Crippen molar-refractivity contribution in [1.29, 1.82) is 0 Å². The number of phenolic OH excluding ortho intramolecular Hbond substituents is 1. The Hall–Kier alpha value is -1.06. The largest absolute Gasteiger partial charge is 0.508 e. The zero-order valence-electron chi connectivity index (χ0n) is 8.65. The normalized spacial score (nSPS) is 26.5. The Morgan fingerprint density at radius 3 is 2.60 bits per heavy atom. The molecule has 0 spiro atoms. The van der Waals surface area contributed by atoms with Gasteiger partial charge in [-0.05, 0) is 30.5 Å². The topological polar surface area (TPSA) is 49.7 Å². The van der Waals surface area contributed by atoms with E-state index in [1.807, 2.05) is 12.1 Å². The fourth-order valence-corrected chi connectivity index (χ4v) is 1.97. The van der Waals surface area contributed by atoms with E-state index in [4.69, 9.17) is 9.84 Å². The first kappa shape index (κ1) is 10.5. The van der Waals surface area contributed by atoms with Crippen LogP contribution in [0.5, 0.6) is 5.75 Å². The van der Waals surface area contributed by atoms with Crippen LogP contribution in [-0.4, -0.2) is 29.0 Å². The van der Waals surface area contributed by atoms with Crippen LogP contribution in [0.4, 0.5) is 0 Å². The second-order valence-electron chi connectivity index (χ2n) is 4.22. The van der Waals surface area contributed by atoms with Gasteiger partial charge in [-0.1, -0.05) is 12.1 Å². The third kappa shape index (κ3) is 2.70. The van der Waals surface area contributed by atoms with E-state index in [-0.39, 0.29) is 5.75 Å². The van der Waals surface area contributed by atoms with E-state index in [9.17, 15) is 5.11 Å². The summed E-state index contributed by atoms with van der Waals surface area (Å²) >= 11 is 0. The van der Waals surface area contributed by atoms with E-state index in [1.54, 1.807) is 12.1 Å². The molecule has 2 N–H and O–H groups in total. The Bertz CT molecular complexity index is 312. The zero-order chi connectivity index (χ0) is 10.7.